The van der Waals surface area contributed by atoms with Crippen molar-refractivity contribution in [3.05, 3.63) is 24.0 Å². The van der Waals surface area contributed by atoms with E-state index in [0.29, 0.717) is 6.42 Å². The average molecular weight is 234 g/mol. The third-order valence-corrected chi connectivity index (χ3v) is 3.09. The minimum absolute atomic E-state index is 0.218. The van der Waals surface area contributed by atoms with Crippen LogP contribution in [0.25, 0.3) is 0 Å². The van der Waals surface area contributed by atoms with Gasteiger partial charge in [0.05, 0.1) is 0 Å². The van der Waals surface area contributed by atoms with Crippen molar-refractivity contribution >= 4 is 11.7 Å². The Morgan fingerprint density at radius 3 is 2.88 bits per heavy atom. The van der Waals surface area contributed by atoms with E-state index in [1.807, 2.05) is 12.3 Å². The summed E-state index contributed by atoms with van der Waals surface area (Å²) in [5.74, 6) is -0.735. The van der Waals surface area contributed by atoms with Crippen LogP contribution in [0.5, 0.6) is 0 Å². The first-order chi connectivity index (χ1) is 8.25. The third-order valence-electron chi connectivity index (χ3n) is 3.09. The molecule has 0 aromatic carbocycles. The van der Waals surface area contributed by atoms with Gasteiger partial charge in [0.15, 0.2) is 0 Å². The monoisotopic (exact) mass is 234 g/mol. The molecule has 0 saturated carbocycles. The van der Waals surface area contributed by atoms with E-state index in [-0.39, 0.29) is 6.42 Å². The van der Waals surface area contributed by atoms with E-state index in [0.717, 1.165) is 25.2 Å². The number of rotatable bonds is 5. The zero-order chi connectivity index (χ0) is 12.1. The van der Waals surface area contributed by atoms with Crippen LogP contribution in [-0.2, 0) is 11.2 Å². The minimum atomic E-state index is -0.735. The molecule has 0 unspecified atom stereocenters. The standard InChI is InChI=1S/C13H18N2O2/c16-13(17)5-3-4-11-10-12(6-7-14-11)15-8-1-2-9-15/h6-7,10H,1-5,8-9H2,(H,16,17). The highest BCUT2D eigenvalue weighted by Crippen LogP contribution is 2.20. The molecule has 17 heavy (non-hydrogen) atoms. The van der Waals surface area contributed by atoms with E-state index in [9.17, 15) is 4.79 Å². The van der Waals surface area contributed by atoms with Gasteiger partial charge in [-0.25, -0.2) is 0 Å². The molecular weight excluding hydrogens is 216 g/mol. The normalized spacial score (nSPS) is 15.2. The van der Waals surface area contributed by atoms with Gasteiger partial charge in [-0.3, -0.25) is 9.78 Å². The maximum Gasteiger partial charge on any atom is 0.303 e. The van der Waals surface area contributed by atoms with Crippen LogP contribution >= 0.6 is 0 Å². The zero-order valence-corrected chi connectivity index (χ0v) is 9.93. The molecule has 2 heterocycles. The van der Waals surface area contributed by atoms with Crippen LogP contribution in [0.1, 0.15) is 31.4 Å². The smallest absolute Gasteiger partial charge is 0.303 e. The Bertz CT molecular complexity index is 387. The van der Waals surface area contributed by atoms with Crippen molar-refractivity contribution in [1.29, 1.82) is 0 Å². The molecule has 92 valence electrons. The summed E-state index contributed by atoms with van der Waals surface area (Å²) >= 11 is 0. The Hall–Kier alpha value is -1.58. The summed E-state index contributed by atoms with van der Waals surface area (Å²) < 4.78 is 0. The van der Waals surface area contributed by atoms with Gasteiger partial charge in [0.2, 0.25) is 0 Å². The summed E-state index contributed by atoms with van der Waals surface area (Å²) in [7, 11) is 0. The van der Waals surface area contributed by atoms with Crippen molar-refractivity contribution in [2.45, 2.75) is 32.1 Å². The van der Waals surface area contributed by atoms with Crippen LogP contribution in [0.2, 0.25) is 0 Å². The van der Waals surface area contributed by atoms with Gasteiger partial charge in [-0.1, -0.05) is 0 Å². The molecule has 4 heteroatoms. The Kier molecular flexibility index (Phi) is 3.96. The van der Waals surface area contributed by atoms with Gasteiger partial charge < -0.3 is 10.0 Å². The fraction of sp³-hybridized carbons (Fsp3) is 0.538. The molecule has 1 aliphatic heterocycles. The lowest BCUT2D eigenvalue weighted by atomic mass is 10.1. The van der Waals surface area contributed by atoms with Crippen LogP contribution in [0.4, 0.5) is 5.69 Å². The quantitative estimate of drug-likeness (QED) is 0.847. The molecule has 0 radical (unpaired) electrons. The van der Waals surface area contributed by atoms with Crippen molar-refractivity contribution in [3.63, 3.8) is 0 Å². The Morgan fingerprint density at radius 2 is 2.18 bits per heavy atom. The van der Waals surface area contributed by atoms with Gasteiger partial charge in [0.1, 0.15) is 0 Å². The predicted octanol–water partition coefficient (Wildman–Crippen LogP) is 2.09. The fourth-order valence-electron chi connectivity index (χ4n) is 2.19. The molecule has 1 N–H and O–H groups in total. The largest absolute Gasteiger partial charge is 0.481 e. The van der Waals surface area contributed by atoms with Crippen LogP contribution in [0, 0.1) is 0 Å². The topological polar surface area (TPSA) is 53.4 Å². The van der Waals surface area contributed by atoms with E-state index in [4.69, 9.17) is 5.11 Å². The molecule has 0 amide bonds. The lowest BCUT2D eigenvalue weighted by Crippen LogP contribution is -2.17. The SMILES string of the molecule is O=C(O)CCCc1cc(N2CCCC2)ccn1. The maximum atomic E-state index is 10.4. The van der Waals surface area contributed by atoms with Gasteiger partial charge in [-0.15, -0.1) is 0 Å². The van der Waals surface area contributed by atoms with Gasteiger partial charge in [-0.05, 0) is 37.8 Å². The molecule has 4 nitrogen and oxygen atoms in total. The second-order valence-corrected chi connectivity index (χ2v) is 4.45. The van der Waals surface area contributed by atoms with Crippen LogP contribution in [0.3, 0.4) is 0 Å². The van der Waals surface area contributed by atoms with Crippen molar-refractivity contribution < 1.29 is 9.90 Å². The lowest BCUT2D eigenvalue weighted by Gasteiger charge is -2.17. The maximum absolute atomic E-state index is 10.4. The summed E-state index contributed by atoms with van der Waals surface area (Å²) in [4.78, 5) is 17.1. The van der Waals surface area contributed by atoms with Gasteiger partial charge in [0, 0.05) is 37.1 Å². The van der Waals surface area contributed by atoms with Crippen LogP contribution in [-0.4, -0.2) is 29.1 Å². The summed E-state index contributed by atoms with van der Waals surface area (Å²) in [5.41, 5.74) is 2.22. The number of aryl methyl sites for hydroxylation is 1. The molecule has 1 aromatic rings. The first-order valence-corrected chi connectivity index (χ1v) is 6.17. The second kappa shape index (κ2) is 5.66. The zero-order valence-electron chi connectivity index (χ0n) is 9.93. The number of hydrogen-bond donors (Lipinski definition) is 1. The third kappa shape index (κ3) is 3.44. The van der Waals surface area contributed by atoms with Gasteiger partial charge in [-0.2, -0.15) is 0 Å². The van der Waals surface area contributed by atoms with Crippen LogP contribution < -0.4 is 4.90 Å². The molecule has 0 spiro atoms. The Labute approximate surface area is 101 Å². The Balaban J connectivity index is 1.93. The minimum Gasteiger partial charge on any atom is -0.481 e. The molecule has 0 atom stereocenters. The summed E-state index contributed by atoms with van der Waals surface area (Å²) in [5, 5.41) is 8.59. The van der Waals surface area contributed by atoms with Crippen LogP contribution in [0.15, 0.2) is 18.3 Å². The van der Waals surface area contributed by atoms with E-state index in [1.54, 1.807) is 0 Å². The summed E-state index contributed by atoms with van der Waals surface area (Å²) in [6, 6.07) is 4.12. The van der Waals surface area contributed by atoms with Gasteiger partial charge in [0.25, 0.3) is 0 Å². The number of carboxylic acids is 1. The molecule has 0 bridgehead atoms. The molecule has 2 rings (SSSR count). The predicted molar refractivity (Wildman–Crippen MR) is 66.3 cm³/mol. The first kappa shape index (κ1) is 11.9. The highest BCUT2D eigenvalue weighted by molar-refractivity contribution is 5.66. The Morgan fingerprint density at radius 1 is 1.41 bits per heavy atom. The number of nitrogens with zero attached hydrogens (tertiary/aromatic N) is 2. The molecule has 1 aliphatic rings. The van der Waals surface area contributed by atoms with Crippen molar-refractivity contribution in [2.24, 2.45) is 0 Å². The summed E-state index contributed by atoms with van der Waals surface area (Å²) in [6.07, 6.45) is 5.96. The number of anilines is 1. The molecular formula is C13H18N2O2. The highest BCUT2D eigenvalue weighted by atomic mass is 16.4. The van der Waals surface area contributed by atoms with Gasteiger partial charge >= 0.3 is 5.97 Å². The first-order valence-electron chi connectivity index (χ1n) is 6.17. The number of carbonyl (C=O) groups is 1. The average Bonchev–Trinajstić information content (AvgIpc) is 2.82. The highest BCUT2D eigenvalue weighted by Gasteiger charge is 2.12. The number of hydrogen-bond acceptors (Lipinski definition) is 3. The molecule has 0 aliphatic carbocycles. The molecule has 1 saturated heterocycles. The number of aromatic nitrogens is 1. The van der Waals surface area contributed by atoms with E-state index < -0.39 is 5.97 Å². The number of aliphatic carboxylic acids is 1. The summed E-state index contributed by atoms with van der Waals surface area (Å²) in [6.45, 7) is 2.25. The van der Waals surface area contributed by atoms with E-state index in [2.05, 4.69) is 16.0 Å². The van der Waals surface area contributed by atoms with Crippen molar-refractivity contribution in [2.75, 3.05) is 18.0 Å². The van der Waals surface area contributed by atoms with E-state index in [1.165, 1.54) is 18.5 Å². The number of pyridine rings is 1. The molecule has 1 fully saturated rings. The molecule has 1 aromatic heterocycles. The van der Waals surface area contributed by atoms with E-state index >= 15 is 0 Å². The fourth-order valence-corrected chi connectivity index (χ4v) is 2.19. The number of carboxylic acid groups (broad SMARTS) is 1. The van der Waals surface area contributed by atoms with Crippen molar-refractivity contribution in [1.82, 2.24) is 4.98 Å². The lowest BCUT2D eigenvalue weighted by molar-refractivity contribution is -0.137. The van der Waals surface area contributed by atoms with Crippen molar-refractivity contribution in [3.8, 4) is 0 Å². The second-order valence-electron chi connectivity index (χ2n) is 4.45.